The molecule has 5 heteroatoms. The molecule has 2 aromatic rings. The molecule has 0 aromatic carbocycles. The van der Waals surface area contributed by atoms with E-state index in [1.807, 2.05) is 32.9 Å². The maximum Gasteiger partial charge on any atom is 0.138 e. The molecule has 18 heavy (non-hydrogen) atoms. The summed E-state index contributed by atoms with van der Waals surface area (Å²) in [4.78, 5) is 11.5. The molecule has 0 aliphatic heterocycles. The van der Waals surface area contributed by atoms with Crippen LogP contribution in [0.15, 0.2) is 24.5 Å². The molecule has 0 bridgehead atoms. The highest BCUT2D eigenvalue weighted by Gasteiger charge is 2.04. The van der Waals surface area contributed by atoms with Gasteiger partial charge in [-0.25, -0.2) is 4.98 Å². The van der Waals surface area contributed by atoms with Crippen molar-refractivity contribution >= 4 is 12.2 Å². The van der Waals surface area contributed by atoms with Gasteiger partial charge in [0.25, 0.3) is 0 Å². The fraction of sp³-hybridized carbons (Fsp3) is 0.308. The standard InChI is InChI=1S/C13H15N3OS/c1-8(2)17-11-4-10(6-14-7-11)12-5-13(18)16-9(3)15-12/h4-8H,1-3H3,(H,15,16,18). The molecule has 4 nitrogen and oxygen atoms in total. The molecular formula is C13H15N3OS. The van der Waals surface area contributed by atoms with Crippen LogP contribution in [0.25, 0.3) is 11.3 Å². The summed E-state index contributed by atoms with van der Waals surface area (Å²) in [6.07, 6.45) is 3.60. The smallest absolute Gasteiger partial charge is 0.138 e. The first-order valence-corrected chi connectivity index (χ1v) is 6.15. The average molecular weight is 261 g/mol. The van der Waals surface area contributed by atoms with E-state index >= 15 is 0 Å². The fourth-order valence-corrected chi connectivity index (χ4v) is 1.89. The summed E-state index contributed by atoms with van der Waals surface area (Å²) < 4.78 is 6.18. The highest BCUT2D eigenvalue weighted by Crippen LogP contribution is 2.21. The number of aryl methyl sites for hydroxylation is 1. The Bertz CT molecular complexity index is 607. The zero-order chi connectivity index (χ0) is 13.1. The molecule has 0 aliphatic carbocycles. The number of nitrogens with zero attached hydrogens (tertiary/aromatic N) is 2. The van der Waals surface area contributed by atoms with Crippen LogP contribution in [0.4, 0.5) is 0 Å². The largest absolute Gasteiger partial charge is 0.489 e. The predicted molar refractivity (Wildman–Crippen MR) is 73.2 cm³/mol. The lowest BCUT2D eigenvalue weighted by molar-refractivity contribution is 0.241. The Balaban J connectivity index is 2.41. The van der Waals surface area contributed by atoms with Gasteiger partial charge < -0.3 is 9.72 Å². The van der Waals surface area contributed by atoms with Gasteiger partial charge in [0, 0.05) is 11.8 Å². The van der Waals surface area contributed by atoms with Gasteiger partial charge in [0.1, 0.15) is 16.2 Å². The number of hydrogen-bond donors (Lipinski definition) is 1. The lowest BCUT2D eigenvalue weighted by atomic mass is 10.2. The van der Waals surface area contributed by atoms with E-state index in [-0.39, 0.29) is 6.10 Å². The molecule has 0 unspecified atom stereocenters. The molecule has 0 fully saturated rings. The molecule has 2 heterocycles. The van der Waals surface area contributed by atoms with Crippen molar-refractivity contribution < 1.29 is 4.74 Å². The Morgan fingerprint density at radius 3 is 2.72 bits per heavy atom. The van der Waals surface area contributed by atoms with Crippen LogP contribution in [0.3, 0.4) is 0 Å². The van der Waals surface area contributed by atoms with Crippen molar-refractivity contribution in [2.75, 3.05) is 0 Å². The Morgan fingerprint density at radius 1 is 1.28 bits per heavy atom. The maximum atomic E-state index is 5.62. The molecule has 0 atom stereocenters. The second kappa shape index (κ2) is 5.27. The predicted octanol–water partition coefficient (Wildman–Crippen LogP) is 3.30. The Labute approximate surface area is 111 Å². The van der Waals surface area contributed by atoms with Gasteiger partial charge in [-0.3, -0.25) is 4.98 Å². The number of H-pyrrole nitrogens is 1. The van der Waals surface area contributed by atoms with Crippen LogP contribution in [0.1, 0.15) is 19.7 Å². The van der Waals surface area contributed by atoms with Crippen LogP contribution in [0.2, 0.25) is 0 Å². The number of aromatic amines is 1. The van der Waals surface area contributed by atoms with Gasteiger partial charge in [0.2, 0.25) is 0 Å². The maximum absolute atomic E-state index is 5.62. The molecular weight excluding hydrogens is 246 g/mol. The van der Waals surface area contributed by atoms with Crippen molar-refractivity contribution in [1.82, 2.24) is 15.0 Å². The van der Waals surface area contributed by atoms with E-state index < -0.39 is 0 Å². The van der Waals surface area contributed by atoms with E-state index in [1.165, 1.54) is 0 Å². The van der Waals surface area contributed by atoms with E-state index in [9.17, 15) is 0 Å². The number of nitrogens with one attached hydrogen (secondary N) is 1. The minimum atomic E-state index is 0.125. The number of hydrogen-bond acceptors (Lipinski definition) is 4. The molecule has 2 aromatic heterocycles. The van der Waals surface area contributed by atoms with Gasteiger partial charge in [-0.1, -0.05) is 12.2 Å². The van der Waals surface area contributed by atoms with Gasteiger partial charge in [0.15, 0.2) is 0 Å². The van der Waals surface area contributed by atoms with Gasteiger partial charge in [-0.2, -0.15) is 0 Å². The first kappa shape index (κ1) is 12.7. The zero-order valence-corrected chi connectivity index (χ0v) is 11.4. The molecule has 0 saturated carbocycles. The first-order valence-electron chi connectivity index (χ1n) is 5.74. The van der Waals surface area contributed by atoms with Gasteiger partial charge >= 0.3 is 0 Å². The van der Waals surface area contributed by atoms with Crippen molar-refractivity contribution in [1.29, 1.82) is 0 Å². The molecule has 2 rings (SSSR count). The van der Waals surface area contributed by atoms with Gasteiger partial charge in [-0.05, 0) is 32.9 Å². The Morgan fingerprint density at radius 2 is 2.06 bits per heavy atom. The monoisotopic (exact) mass is 261 g/mol. The van der Waals surface area contributed by atoms with Crippen molar-refractivity contribution in [2.24, 2.45) is 0 Å². The second-order valence-corrected chi connectivity index (χ2v) is 4.71. The molecule has 0 aliphatic rings. The van der Waals surface area contributed by atoms with E-state index in [1.54, 1.807) is 12.4 Å². The summed E-state index contributed by atoms with van der Waals surface area (Å²) in [5, 5.41) is 0. The van der Waals surface area contributed by atoms with Crippen LogP contribution < -0.4 is 4.74 Å². The summed E-state index contributed by atoms with van der Waals surface area (Å²) >= 11 is 5.11. The number of rotatable bonds is 3. The molecule has 0 spiro atoms. The summed E-state index contributed by atoms with van der Waals surface area (Å²) in [6.45, 7) is 5.84. The van der Waals surface area contributed by atoms with E-state index in [0.717, 1.165) is 22.8 Å². The Kier molecular flexibility index (Phi) is 3.72. The van der Waals surface area contributed by atoms with E-state index in [4.69, 9.17) is 17.0 Å². The third kappa shape index (κ3) is 3.13. The fourth-order valence-electron chi connectivity index (χ4n) is 1.64. The highest BCUT2D eigenvalue weighted by atomic mass is 32.1. The lowest BCUT2D eigenvalue weighted by Crippen LogP contribution is -2.05. The number of aromatic nitrogens is 3. The third-order valence-corrected chi connectivity index (χ3v) is 2.47. The summed E-state index contributed by atoms with van der Waals surface area (Å²) in [5.41, 5.74) is 1.83. The van der Waals surface area contributed by atoms with Crippen molar-refractivity contribution in [2.45, 2.75) is 26.9 Å². The van der Waals surface area contributed by atoms with E-state index in [0.29, 0.717) is 4.64 Å². The molecule has 1 N–H and O–H groups in total. The summed E-state index contributed by atoms with van der Waals surface area (Å²) in [5.74, 6) is 1.53. The quantitative estimate of drug-likeness (QED) is 0.861. The SMILES string of the molecule is Cc1nc(=S)cc(-c2cncc(OC(C)C)c2)[nH]1. The van der Waals surface area contributed by atoms with Crippen molar-refractivity contribution in [3.05, 3.63) is 35.0 Å². The molecule has 0 amide bonds. The zero-order valence-electron chi connectivity index (χ0n) is 10.6. The van der Waals surface area contributed by atoms with Crippen LogP contribution in [0, 0.1) is 11.6 Å². The molecule has 94 valence electrons. The number of ether oxygens (including phenoxy) is 1. The molecule has 0 radical (unpaired) electrons. The summed E-state index contributed by atoms with van der Waals surface area (Å²) in [7, 11) is 0. The van der Waals surface area contributed by atoms with Crippen molar-refractivity contribution in [3.8, 4) is 17.0 Å². The third-order valence-electron chi connectivity index (χ3n) is 2.26. The second-order valence-electron chi connectivity index (χ2n) is 4.29. The summed E-state index contributed by atoms with van der Waals surface area (Å²) in [6, 6.07) is 3.76. The van der Waals surface area contributed by atoms with Crippen LogP contribution in [-0.2, 0) is 0 Å². The molecule has 0 saturated heterocycles. The average Bonchev–Trinajstić information content (AvgIpc) is 2.27. The lowest BCUT2D eigenvalue weighted by Gasteiger charge is -2.10. The highest BCUT2D eigenvalue weighted by molar-refractivity contribution is 7.71. The topological polar surface area (TPSA) is 50.8 Å². The normalized spacial score (nSPS) is 10.7. The van der Waals surface area contributed by atoms with E-state index in [2.05, 4.69) is 15.0 Å². The van der Waals surface area contributed by atoms with Crippen LogP contribution >= 0.6 is 12.2 Å². The van der Waals surface area contributed by atoms with Gasteiger partial charge in [0.05, 0.1) is 18.0 Å². The first-order chi connectivity index (χ1) is 8.54. The van der Waals surface area contributed by atoms with Gasteiger partial charge in [-0.15, -0.1) is 0 Å². The van der Waals surface area contributed by atoms with Crippen LogP contribution in [0.5, 0.6) is 5.75 Å². The number of pyridine rings is 1. The van der Waals surface area contributed by atoms with Crippen LogP contribution in [-0.4, -0.2) is 21.1 Å². The minimum Gasteiger partial charge on any atom is -0.489 e. The Hall–Kier alpha value is -1.75. The minimum absolute atomic E-state index is 0.125. The van der Waals surface area contributed by atoms with Crippen molar-refractivity contribution in [3.63, 3.8) is 0 Å².